The molecule has 0 aliphatic rings. The molecule has 0 fully saturated rings. The van der Waals surface area contributed by atoms with Gasteiger partial charge in [-0.05, 0) is 60.7 Å². The Morgan fingerprint density at radius 3 is 2.26 bits per heavy atom. The minimum atomic E-state index is -3.35. The Morgan fingerprint density at radius 1 is 0.912 bits per heavy atom. The average Bonchev–Trinajstić information content (AvgIpc) is 2.80. The van der Waals surface area contributed by atoms with Gasteiger partial charge in [0.05, 0.1) is 16.9 Å². The molecule has 4 rings (SSSR count). The summed E-state index contributed by atoms with van der Waals surface area (Å²) in [6.45, 7) is 0. The Labute approximate surface area is 195 Å². The molecule has 0 radical (unpaired) electrons. The van der Waals surface area contributed by atoms with E-state index in [1.165, 1.54) is 12.1 Å². The molecule has 10 nitrogen and oxygen atoms in total. The quantitative estimate of drug-likeness (QED) is 0.268. The van der Waals surface area contributed by atoms with Gasteiger partial charge in [-0.3, -0.25) is 14.8 Å². The molecule has 0 aliphatic heterocycles. The molecule has 0 saturated heterocycles. The van der Waals surface area contributed by atoms with Gasteiger partial charge in [-0.2, -0.15) is 0 Å². The van der Waals surface area contributed by atoms with Crippen LogP contribution in [0.3, 0.4) is 0 Å². The number of ether oxygens (including phenoxy) is 1. The molecule has 0 unspecified atom stereocenters. The van der Waals surface area contributed by atoms with E-state index in [0.29, 0.717) is 28.8 Å². The number of rotatable bonds is 8. The molecular weight excluding hydrogens is 458 g/mol. The van der Waals surface area contributed by atoms with E-state index in [2.05, 4.69) is 20.0 Å². The fourth-order valence-corrected chi connectivity index (χ4v) is 3.62. The fourth-order valence-electron chi connectivity index (χ4n) is 3.06. The van der Waals surface area contributed by atoms with Crippen LogP contribution >= 0.6 is 0 Å². The molecule has 11 heteroatoms. The molecule has 1 aromatic heterocycles. The van der Waals surface area contributed by atoms with Gasteiger partial charge in [0.1, 0.15) is 5.75 Å². The first-order valence-corrected chi connectivity index (χ1v) is 11.9. The van der Waals surface area contributed by atoms with Gasteiger partial charge in [-0.15, -0.1) is 0 Å². The summed E-state index contributed by atoms with van der Waals surface area (Å²) in [6, 6.07) is 21.6. The number of nitrogens with one attached hydrogen (secondary N) is 2. The Balaban J connectivity index is 1.47. The number of sulfonamides is 1. The number of anilines is 3. The van der Waals surface area contributed by atoms with Crippen LogP contribution in [0, 0.1) is 10.1 Å². The van der Waals surface area contributed by atoms with Gasteiger partial charge in [-0.1, -0.05) is 12.1 Å². The first kappa shape index (κ1) is 22.7. The number of nitrogens with zero attached hydrogens (tertiary/aromatic N) is 3. The first-order chi connectivity index (χ1) is 16.3. The van der Waals surface area contributed by atoms with Crippen molar-refractivity contribution < 1.29 is 18.1 Å². The Morgan fingerprint density at radius 2 is 1.59 bits per heavy atom. The largest absolute Gasteiger partial charge is 0.450 e. The topological polar surface area (TPSA) is 136 Å². The van der Waals surface area contributed by atoms with Crippen LogP contribution in [0.15, 0.2) is 85.1 Å². The van der Waals surface area contributed by atoms with Gasteiger partial charge >= 0.3 is 5.69 Å². The molecule has 172 valence electrons. The maximum absolute atomic E-state index is 11.3. The highest BCUT2D eigenvalue weighted by Gasteiger charge is 2.14. The molecule has 0 aliphatic carbocycles. The van der Waals surface area contributed by atoms with Crippen LogP contribution < -0.4 is 14.8 Å². The van der Waals surface area contributed by atoms with Crippen molar-refractivity contribution in [2.75, 3.05) is 16.3 Å². The second kappa shape index (κ2) is 9.55. The molecule has 0 spiro atoms. The normalized spacial score (nSPS) is 11.0. The average molecular weight is 478 g/mol. The standard InChI is InChI=1S/C23H19N5O5S/c1-34(31,32)27-18-10-8-17(9-11-18)25-23-24-15-14-20(26-23)16-6-12-19(13-7-16)33-22-5-3-2-4-21(22)28(29)30/h2-15,27H,1H3,(H,24,25,26). The number of hydrogen-bond acceptors (Lipinski definition) is 8. The molecule has 1 heterocycles. The monoisotopic (exact) mass is 477 g/mol. The Bertz CT molecular complexity index is 1430. The van der Waals surface area contributed by atoms with Crippen LogP contribution in [0.5, 0.6) is 11.5 Å². The van der Waals surface area contributed by atoms with Crippen LogP contribution in [0.1, 0.15) is 0 Å². The van der Waals surface area contributed by atoms with E-state index in [9.17, 15) is 18.5 Å². The summed E-state index contributed by atoms with van der Waals surface area (Å²) in [5.74, 6) is 0.973. The van der Waals surface area contributed by atoms with Crippen LogP contribution in [0.2, 0.25) is 0 Å². The fraction of sp³-hybridized carbons (Fsp3) is 0.0435. The smallest absolute Gasteiger partial charge is 0.311 e. The van der Waals surface area contributed by atoms with E-state index in [-0.39, 0.29) is 11.4 Å². The molecule has 0 atom stereocenters. The van der Waals surface area contributed by atoms with Crippen molar-refractivity contribution in [2.45, 2.75) is 0 Å². The summed E-state index contributed by atoms with van der Waals surface area (Å²) in [6.07, 6.45) is 2.70. The van der Waals surface area contributed by atoms with Crippen LogP contribution in [-0.2, 0) is 10.0 Å². The van der Waals surface area contributed by atoms with E-state index < -0.39 is 14.9 Å². The Kier molecular flexibility index (Phi) is 6.37. The second-order valence-corrected chi connectivity index (χ2v) is 8.94. The lowest BCUT2D eigenvalue weighted by atomic mass is 10.1. The number of para-hydroxylation sites is 2. The summed E-state index contributed by atoms with van der Waals surface area (Å²) in [5.41, 5.74) is 2.48. The van der Waals surface area contributed by atoms with E-state index in [0.717, 1.165) is 11.8 Å². The third kappa shape index (κ3) is 5.84. The summed E-state index contributed by atoms with van der Waals surface area (Å²) >= 11 is 0. The van der Waals surface area contributed by atoms with Gasteiger partial charge in [0, 0.05) is 29.2 Å². The summed E-state index contributed by atoms with van der Waals surface area (Å²) < 4.78 is 30.7. The van der Waals surface area contributed by atoms with E-state index >= 15 is 0 Å². The van der Waals surface area contributed by atoms with E-state index in [4.69, 9.17) is 4.74 Å². The Hall–Kier alpha value is -4.51. The number of nitro groups is 1. The highest BCUT2D eigenvalue weighted by Crippen LogP contribution is 2.32. The minimum Gasteiger partial charge on any atom is -0.450 e. The molecule has 4 aromatic rings. The zero-order valence-electron chi connectivity index (χ0n) is 17.9. The van der Waals surface area contributed by atoms with Gasteiger partial charge in [-0.25, -0.2) is 18.4 Å². The van der Waals surface area contributed by atoms with Gasteiger partial charge in [0.15, 0.2) is 0 Å². The SMILES string of the molecule is CS(=O)(=O)Nc1ccc(Nc2nccc(-c3ccc(Oc4ccccc4[N+](=O)[O-])cc3)n2)cc1. The first-order valence-electron chi connectivity index (χ1n) is 9.96. The lowest BCUT2D eigenvalue weighted by molar-refractivity contribution is -0.385. The maximum atomic E-state index is 11.3. The highest BCUT2D eigenvalue weighted by molar-refractivity contribution is 7.92. The van der Waals surface area contributed by atoms with Crippen molar-refractivity contribution in [1.29, 1.82) is 0 Å². The van der Waals surface area contributed by atoms with Crippen molar-refractivity contribution in [1.82, 2.24) is 9.97 Å². The molecule has 0 bridgehead atoms. The van der Waals surface area contributed by atoms with Crippen molar-refractivity contribution in [3.63, 3.8) is 0 Å². The predicted octanol–water partition coefficient (Wildman–Crippen LogP) is 4.96. The molecule has 2 N–H and O–H groups in total. The van der Waals surface area contributed by atoms with Crippen molar-refractivity contribution in [3.8, 4) is 22.8 Å². The molecular formula is C23H19N5O5S. The minimum absolute atomic E-state index is 0.113. The molecule has 0 amide bonds. The summed E-state index contributed by atoms with van der Waals surface area (Å²) in [4.78, 5) is 19.4. The van der Waals surface area contributed by atoms with Gasteiger partial charge in [0.25, 0.3) is 0 Å². The van der Waals surface area contributed by atoms with E-state index in [1.807, 2.05) is 0 Å². The van der Waals surface area contributed by atoms with Gasteiger partial charge < -0.3 is 10.1 Å². The number of aromatic nitrogens is 2. The molecule has 0 saturated carbocycles. The lowest BCUT2D eigenvalue weighted by Gasteiger charge is -2.09. The highest BCUT2D eigenvalue weighted by atomic mass is 32.2. The summed E-state index contributed by atoms with van der Waals surface area (Å²) in [5, 5.41) is 14.2. The van der Waals surface area contributed by atoms with E-state index in [1.54, 1.807) is 72.9 Å². The third-order valence-electron chi connectivity index (χ3n) is 4.54. The van der Waals surface area contributed by atoms with Crippen LogP contribution in [0.25, 0.3) is 11.3 Å². The second-order valence-electron chi connectivity index (χ2n) is 7.19. The zero-order chi connectivity index (χ0) is 24.1. The number of benzene rings is 3. The molecule has 34 heavy (non-hydrogen) atoms. The molecule has 3 aromatic carbocycles. The number of nitro benzene ring substituents is 1. The predicted molar refractivity (Wildman–Crippen MR) is 129 cm³/mol. The van der Waals surface area contributed by atoms with Crippen LogP contribution in [0.4, 0.5) is 23.0 Å². The lowest BCUT2D eigenvalue weighted by Crippen LogP contribution is -2.09. The maximum Gasteiger partial charge on any atom is 0.311 e. The summed E-state index contributed by atoms with van der Waals surface area (Å²) in [7, 11) is -3.35. The van der Waals surface area contributed by atoms with Crippen molar-refractivity contribution >= 4 is 33.0 Å². The van der Waals surface area contributed by atoms with Gasteiger partial charge in [0.2, 0.25) is 21.7 Å². The number of hydrogen-bond donors (Lipinski definition) is 2. The zero-order valence-corrected chi connectivity index (χ0v) is 18.7. The van der Waals surface area contributed by atoms with Crippen LogP contribution in [-0.4, -0.2) is 29.6 Å². The van der Waals surface area contributed by atoms with Crippen molar-refractivity contribution in [2.24, 2.45) is 0 Å². The third-order valence-corrected chi connectivity index (χ3v) is 5.15. The van der Waals surface area contributed by atoms with Crippen molar-refractivity contribution in [3.05, 3.63) is 95.2 Å².